The van der Waals surface area contributed by atoms with E-state index >= 15 is 0 Å². The van der Waals surface area contributed by atoms with Crippen molar-refractivity contribution in [1.82, 2.24) is 0 Å². The summed E-state index contributed by atoms with van der Waals surface area (Å²) in [6.07, 6.45) is 0.650. The lowest BCUT2D eigenvalue weighted by Crippen LogP contribution is -2.30. The molecule has 2 aromatic carbocycles. The summed E-state index contributed by atoms with van der Waals surface area (Å²) in [7, 11) is 0. The number of anilines is 2. The first kappa shape index (κ1) is 18.2. The second-order valence-electron chi connectivity index (χ2n) is 6.02. The highest BCUT2D eigenvalue weighted by Crippen LogP contribution is 2.25. The van der Waals surface area contributed by atoms with Crippen LogP contribution in [-0.2, 0) is 9.59 Å². The lowest BCUT2D eigenvalue weighted by Gasteiger charge is -2.18. The molecule has 2 amide bonds. The number of carbonyl (C=O) groups is 2. The average molecular weight is 377 g/mol. The molecule has 7 heteroatoms. The highest BCUT2D eigenvalue weighted by molar-refractivity contribution is 6.33. The van der Waals surface area contributed by atoms with Gasteiger partial charge >= 0.3 is 0 Å². The summed E-state index contributed by atoms with van der Waals surface area (Å²) in [4.78, 5) is 25.7. The van der Waals surface area contributed by atoms with Crippen LogP contribution in [0, 0.1) is 5.82 Å². The minimum atomic E-state index is -0.782. The van der Waals surface area contributed by atoms with E-state index < -0.39 is 17.8 Å². The number of rotatable bonds is 5. The normalized spacial score (nSPS) is 15.0. The molecule has 0 radical (unpaired) electrons. The van der Waals surface area contributed by atoms with Gasteiger partial charge in [0.25, 0.3) is 5.91 Å². The van der Waals surface area contributed by atoms with E-state index in [-0.39, 0.29) is 10.9 Å². The summed E-state index contributed by atoms with van der Waals surface area (Å²) >= 11 is 5.90. The molecular weight excluding hydrogens is 359 g/mol. The van der Waals surface area contributed by atoms with Gasteiger partial charge in [0.15, 0.2) is 6.10 Å². The molecule has 0 aliphatic carbocycles. The Bertz CT molecular complexity index is 826. The monoisotopic (exact) mass is 376 g/mol. The number of nitrogens with one attached hydrogen (secondary N) is 1. The van der Waals surface area contributed by atoms with E-state index in [4.69, 9.17) is 16.3 Å². The standard InChI is InChI=1S/C19H18ClFN2O3/c1-12(19(25)22-17-9-4-13(21)11-16(17)20)26-15-7-5-14(6-8-15)23-10-2-3-18(23)24/h4-9,11-12H,2-3,10H2,1H3,(H,22,25)/t12-/m1/s1. The van der Waals surface area contributed by atoms with E-state index in [0.29, 0.717) is 17.9 Å². The molecule has 0 saturated carbocycles. The van der Waals surface area contributed by atoms with E-state index in [9.17, 15) is 14.0 Å². The Hall–Kier alpha value is -2.60. The molecule has 5 nitrogen and oxygen atoms in total. The van der Waals surface area contributed by atoms with Crippen molar-refractivity contribution in [2.24, 2.45) is 0 Å². The third-order valence-corrected chi connectivity index (χ3v) is 4.41. The number of carbonyl (C=O) groups excluding carboxylic acids is 2. The van der Waals surface area contributed by atoms with Crippen LogP contribution < -0.4 is 15.0 Å². The first-order valence-electron chi connectivity index (χ1n) is 8.27. The summed E-state index contributed by atoms with van der Waals surface area (Å²) < 4.78 is 18.7. The van der Waals surface area contributed by atoms with Gasteiger partial charge in [-0.25, -0.2) is 4.39 Å². The SMILES string of the molecule is C[C@@H](Oc1ccc(N2CCCC2=O)cc1)C(=O)Nc1ccc(F)cc1Cl. The van der Waals surface area contributed by atoms with Gasteiger partial charge in [0.1, 0.15) is 11.6 Å². The number of benzene rings is 2. The molecule has 1 aliphatic rings. The zero-order valence-electron chi connectivity index (χ0n) is 14.2. The van der Waals surface area contributed by atoms with E-state index in [1.54, 1.807) is 36.1 Å². The third kappa shape index (κ3) is 4.14. The summed E-state index contributed by atoms with van der Waals surface area (Å²) in [5.74, 6) is -0.262. The molecule has 1 N–H and O–H groups in total. The van der Waals surface area contributed by atoms with Gasteiger partial charge in [-0.2, -0.15) is 0 Å². The Morgan fingerprint density at radius 3 is 2.62 bits per heavy atom. The Kier molecular flexibility index (Phi) is 5.42. The van der Waals surface area contributed by atoms with Crippen LogP contribution in [0.4, 0.5) is 15.8 Å². The first-order valence-corrected chi connectivity index (χ1v) is 8.65. The van der Waals surface area contributed by atoms with Crippen molar-refractivity contribution in [3.05, 3.63) is 53.3 Å². The van der Waals surface area contributed by atoms with Crippen LogP contribution in [0.2, 0.25) is 5.02 Å². The van der Waals surface area contributed by atoms with Crippen molar-refractivity contribution in [3.8, 4) is 5.75 Å². The second kappa shape index (κ2) is 7.74. The predicted molar refractivity (Wildman–Crippen MR) is 98.2 cm³/mol. The van der Waals surface area contributed by atoms with Crippen LogP contribution in [0.5, 0.6) is 5.75 Å². The molecule has 3 rings (SSSR count). The van der Waals surface area contributed by atoms with Gasteiger partial charge in [-0.15, -0.1) is 0 Å². The molecule has 0 unspecified atom stereocenters. The molecule has 1 fully saturated rings. The molecule has 1 heterocycles. The van der Waals surface area contributed by atoms with Crippen LogP contribution in [0.15, 0.2) is 42.5 Å². The molecule has 1 saturated heterocycles. The molecule has 1 atom stereocenters. The summed E-state index contributed by atoms with van der Waals surface area (Å²) in [5.41, 5.74) is 1.13. The molecule has 136 valence electrons. The van der Waals surface area contributed by atoms with Crippen molar-refractivity contribution in [1.29, 1.82) is 0 Å². The molecule has 2 aromatic rings. The molecule has 0 aromatic heterocycles. The average Bonchev–Trinajstić information content (AvgIpc) is 3.04. The van der Waals surface area contributed by atoms with E-state index in [1.807, 2.05) is 0 Å². The predicted octanol–water partition coefficient (Wildman–Crippen LogP) is 4.01. The van der Waals surface area contributed by atoms with Crippen LogP contribution in [0.1, 0.15) is 19.8 Å². The van der Waals surface area contributed by atoms with Gasteiger partial charge in [-0.05, 0) is 55.8 Å². The lowest BCUT2D eigenvalue weighted by molar-refractivity contribution is -0.122. The zero-order valence-corrected chi connectivity index (χ0v) is 14.9. The maximum absolute atomic E-state index is 13.1. The fourth-order valence-corrected chi connectivity index (χ4v) is 2.92. The fourth-order valence-electron chi connectivity index (χ4n) is 2.71. The van der Waals surface area contributed by atoms with Crippen molar-refractivity contribution in [2.75, 3.05) is 16.8 Å². The summed E-state index contributed by atoms with van der Waals surface area (Å²) in [5, 5.41) is 2.72. The topological polar surface area (TPSA) is 58.6 Å². The molecule has 1 aliphatic heterocycles. The maximum atomic E-state index is 13.1. The van der Waals surface area contributed by atoms with Crippen LogP contribution in [0.25, 0.3) is 0 Å². The Labute approximate surface area is 155 Å². The Morgan fingerprint density at radius 1 is 1.27 bits per heavy atom. The summed E-state index contributed by atoms with van der Waals surface area (Å²) in [6.45, 7) is 2.32. The number of hydrogen-bond donors (Lipinski definition) is 1. The van der Waals surface area contributed by atoms with Crippen LogP contribution in [-0.4, -0.2) is 24.5 Å². The van der Waals surface area contributed by atoms with Gasteiger partial charge in [0.2, 0.25) is 5.91 Å². The van der Waals surface area contributed by atoms with E-state index in [0.717, 1.165) is 24.7 Å². The minimum absolute atomic E-state index is 0.114. The number of nitrogens with zero attached hydrogens (tertiary/aromatic N) is 1. The van der Waals surface area contributed by atoms with E-state index in [2.05, 4.69) is 5.32 Å². The minimum Gasteiger partial charge on any atom is -0.481 e. The number of halogens is 2. The zero-order chi connectivity index (χ0) is 18.7. The largest absolute Gasteiger partial charge is 0.481 e. The van der Waals surface area contributed by atoms with E-state index in [1.165, 1.54) is 12.1 Å². The van der Waals surface area contributed by atoms with Crippen molar-refractivity contribution >= 4 is 34.8 Å². The van der Waals surface area contributed by atoms with Crippen molar-refractivity contribution < 1.29 is 18.7 Å². The highest BCUT2D eigenvalue weighted by atomic mass is 35.5. The number of ether oxygens (including phenoxy) is 1. The Morgan fingerprint density at radius 2 is 2.00 bits per heavy atom. The molecular formula is C19H18ClFN2O3. The van der Waals surface area contributed by atoms with Gasteiger partial charge < -0.3 is 15.0 Å². The third-order valence-electron chi connectivity index (χ3n) is 4.09. The van der Waals surface area contributed by atoms with Gasteiger partial charge in [-0.3, -0.25) is 9.59 Å². The first-order chi connectivity index (χ1) is 12.4. The smallest absolute Gasteiger partial charge is 0.265 e. The maximum Gasteiger partial charge on any atom is 0.265 e. The van der Waals surface area contributed by atoms with Gasteiger partial charge in [0.05, 0.1) is 10.7 Å². The van der Waals surface area contributed by atoms with Crippen LogP contribution >= 0.6 is 11.6 Å². The van der Waals surface area contributed by atoms with Crippen molar-refractivity contribution in [3.63, 3.8) is 0 Å². The Balaban J connectivity index is 1.61. The molecule has 0 spiro atoms. The van der Waals surface area contributed by atoms with Gasteiger partial charge in [-0.1, -0.05) is 11.6 Å². The van der Waals surface area contributed by atoms with Crippen LogP contribution in [0.3, 0.4) is 0 Å². The second-order valence-corrected chi connectivity index (χ2v) is 6.42. The fraction of sp³-hybridized carbons (Fsp3) is 0.263. The number of hydrogen-bond acceptors (Lipinski definition) is 3. The summed E-state index contributed by atoms with van der Waals surface area (Å²) in [6, 6.07) is 10.8. The highest BCUT2D eigenvalue weighted by Gasteiger charge is 2.22. The molecule has 0 bridgehead atoms. The van der Waals surface area contributed by atoms with Gasteiger partial charge in [0, 0.05) is 18.7 Å². The molecule has 26 heavy (non-hydrogen) atoms. The quantitative estimate of drug-likeness (QED) is 0.857. The number of amides is 2. The van der Waals surface area contributed by atoms with Crippen molar-refractivity contribution in [2.45, 2.75) is 25.9 Å². The lowest BCUT2D eigenvalue weighted by atomic mass is 10.2.